The van der Waals surface area contributed by atoms with Crippen molar-refractivity contribution in [2.45, 2.75) is 12.8 Å². The first-order chi connectivity index (χ1) is 9.72. The Morgan fingerprint density at radius 2 is 2.20 bits per heavy atom. The van der Waals surface area contributed by atoms with Crippen LogP contribution in [0.25, 0.3) is 0 Å². The van der Waals surface area contributed by atoms with Crippen LogP contribution in [0.1, 0.15) is 12.8 Å². The maximum absolute atomic E-state index is 11.8. The molecule has 2 rings (SSSR count). The van der Waals surface area contributed by atoms with Gasteiger partial charge in [0, 0.05) is 19.5 Å². The minimum atomic E-state index is -0.252. The predicted molar refractivity (Wildman–Crippen MR) is 76.5 cm³/mol. The Bertz CT molecular complexity index is 490. The first-order valence-corrected chi connectivity index (χ1v) is 6.69. The molecule has 1 heterocycles. The molecule has 1 aromatic rings. The van der Waals surface area contributed by atoms with Gasteiger partial charge in [0.05, 0.1) is 18.0 Å². The van der Waals surface area contributed by atoms with Crippen molar-refractivity contribution < 1.29 is 14.3 Å². The smallest absolute Gasteiger partial charge is 0.250 e. The van der Waals surface area contributed by atoms with Gasteiger partial charge in [0.1, 0.15) is 6.61 Å². The zero-order chi connectivity index (χ0) is 14.4. The largest absolute Gasteiger partial charge is 0.370 e. The van der Waals surface area contributed by atoms with Crippen LogP contribution in [0.4, 0.5) is 11.4 Å². The van der Waals surface area contributed by atoms with Crippen LogP contribution in [-0.2, 0) is 14.3 Å². The van der Waals surface area contributed by atoms with Gasteiger partial charge in [0.15, 0.2) is 0 Å². The molecular formula is C14H19N3O3. The van der Waals surface area contributed by atoms with Crippen LogP contribution >= 0.6 is 0 Å². The van der Waals surface area contributed by atoms with E-state index in [0.29, 0.717) is 31.8 Å². The highest BCUT2D eigenvalue weighted by Crippen LogP contribution is 2.29. The lowest BCUT2D eigenvalue weighted by Crippen LogP contribution is -2.26. The van der Waals surface area contributed by atoms with E-state index in [1.54, 1.807) is 11.0 Å². The normalized spacial score (nSPS) is 14.7. The van der Waals surface area contributed by atoms with Crippen LogP contribution in [0.5, 0.6) is 0 Å². The van der Waals surface area contributed by atoms with Crippen molar-refractivity contribution >= 4 is 23.2 Å². The van der Waals surface area contributed by atoms with Gasteiger partial charge < -0.3 is 20.7 Å². The summed E-state index contributed by atoms with van der Waals surface area (Å²) in [6.07, 6.45) is 1.41. The minimum absolute atomic E-state index is 0.0422. The minimum Gasteiger partial charge on any atom is -0.370 e. The number of rotatable bonds is 6. The Morgan fingerprint density at radius 1 is 1.40 bits per heavy atom. The first kappa shape index (κ1) is 14.5. The van der Waals surface area contributed by atoms with Gasteiger partial charge in [0.2, 0.25) is 11.8 Å². The third kappa shape index (κ3) is 3.55. The third-order valence-electron chi connectivity index (χ3n) is 3.04. The van der Waals surface area contributed by atoms with Gasteiger partial charge in [-0.1, -0.05) is 12.1 Å². The van der Waals surface area contributed by atoms with Crippen LogP contribution in [0.3, 0.4) is 0 Å². The Kier molecular flexibility index (Phi) is 5.09. The van der Waals surface area contributed by atoms with Crippen molar-refractivity contribution in [1.29, 1.82) is 0 Å². The summed E-state index contributed by atoms with van der Waals surface area (Å²) in [6, 6.07) is 7.28. The highest BCUT2D eigenvalue weighted by atomic mass is 16.5. The first-order valence-electron chi connectivity index (χ1n) is 6.69. The lowest BCUT2D eigenvalue weighted by atomic mass is 10.2. The Hall–Kier alpha value is -1.92. The second kappa shape index (κ2) is 7.02. The molecule has 0 spiro atoms. The summed E-state index contributed by atoms with van der Waals surface area (Å²) in [5, 5.41) is 2.77. The average molecular weight is 277 g/mol. The standard InChI is InChI=1S/C14H19N3O3/c15-7-9-20-10-13(18)16-11-4-1-2-5-12(11)17-8-3-6-14(17)19/h1-2,4-5H,3,6-10,15H2,(H,16,18). The van der Waals surface area contributed by atoms with Crippen molar-refractivity contribution in [3.8, 4) is 0 Å². The van der Waals surface area contributed by atoms with E-state index in [-0.39, 0.29) is 18.4 Å². The van der Waals surface area contributed by atoms with E-state index in [4.69, 9.17) is 10.5 Å². The summed E-state index contributed by atoms with van der Waals surface area (Å²) < 4.78 is 5.09. The topological polar surface area (TPSA) is 84.7 Å². The quantitative estimate of drug-likeness (QED) is 0.751. The van der Waals surface area contributed by atoms with Crippen molar-refractivity contribution in [1.82, 2.24) is 0 Å². The van der Waals surface area contributed by atoms with E-state index < -0.39 is 0 Å². The lowest BCUT2D eigenvalue weighted by Gasteiger charge is -2.19. The fraction of sp³-hybridized carbons (Fsp3) is 0.429. The molecule has 0 bridgehead atoms. The van der Waals surface area contributed by atoms with Crippen molar-refractivity contribution in [3.63, 3.8) is 0 Å². The summed E-state index contributed by atoms with van der Waals surface area (Å²) >= 11 is 0. The molecule has 0 aliphatic carbocycles. The van der Waals surface area contributed by atoms with E-state index in [2.05, 4.69) is 5.32 Å². The molecule has 1 aliphatic rings. The molecule has 0 saturated carbocycles. The molecule has 1 aromatic carbocycles. The highest BCUT2D eigenvalue weighted by molar-refractivity contribution is 6.02. The number of nitrogens with two attached hydrogens (primary N) is 1. The molecule has 0 aromatic heterocycles. The number of benzene rings is 1. The molecule has 1 fully saturated rings. The molecule has 0 unspecified atom stereocenters. The molecule has 6 heteroatoms. The Morgan fingerprint density at radius 3 is 2.90 bits per heavy atom. The van der Waals surface area contributed by atoms with Crippen LogP contribution in [0.15, 0.2) is 24.3 Å². The van der Waals surface area contributed by atoms with Crippen molar-refractivity contribution in [3.05, 3.63) is 24.3 Å². The highest BCUT2D eigenvalue weighted by Gasteiger charge is 2.24. The molecule has 20 heavy (non-hydrogen) atoms. The van der Waals surface area contributed by atoms with E-state index in [1.165, 1.54) is 0 Å². The second-order valence-electron chi connectivity index (χ2n) is 4.56. The van der Waals surface area contributed by atoms with Crippen molar-refractivity contribution in [2.24, 2.45) is 5.73 Å². The number of anilines is 2. The zero-order valence-electron chi connectivity index (χ0n) is 11.3. The lowest BCUT2D eigenvalue weighted by molar-refractivity contribution is -0.120. The summed E-state index contributed by atoms with van der Waals surface area (Å²) in [7, 11) is 0. The summed E-state index contributed by atoms with van der Waals surface area (Å²) in [5.41, 5.74) is 6.66. The van der Waals surface area contributed by atoms with E-state index in [0.717, 1.165) is 12.1 Å². The Labute approximate surface area is 117 Å². The zero-order valence-corrected chi connectivity index (χ0v) is 11.3. The number of carbonyl (C=O) groups is 2. The van der Waals surface area contributed by atoms with Crippen LogP contribution in [-0.4, -0.2) is 38.1 Å². The maximum Gasteiger partial charge on any atom is 0.250 e. The average Bonchev–Trinajstić information content (AvgIpc) is 2.86. The van der Waals surface area contributed by atoms with Gasteiger partial charge in [-0.05, 0) is 18.6 Å². The van der Waals surface area contributed by atoms with E-state index in [9.17, 15) is 9.59 Å². The predicted octanol–water partition coefficient (Wildman–Crippen LogP) is 0.727. The van der Waals surface area contributed by atoms with Crippen LogP contribution < -0.4 is 16.0 Å². The second-order valence-corrected chi connectivity index (χ2v) is 4.56. The number of para-hydroxylation sites is 2. The number of amides is 2. The van der Waals surface area contributed by atoms with Gasteiger partial charge in [-0.2, -0.15) is 0 Å². The summed E-state index contributed by atoms with van der Waals surface area (Å²) in [5.74, 6) is -0.163. The number of nitrogens with one attached hydrogen (secondary N) is 1. The van der Waals surface area contributed by atoms with Gasteiger partial charge in [-0.15, -0.1) is 0 Å². The third-order valence-corrected chi connectivity index (χ3v) is 3.04. The van der Waals surface area contributed by atoms with Gasteiger partial charge in [0.25, 0.3) is 0 Å². The molecule has 6 nitrogen and oxygen atoms in total. The molecule has 0 radical (unpaired) electrons. The molecule has 1 aliphatic heterocycles. The maximum atomic E-state index is 11.8. The molecule has 108 valence electrons. The summed E-state index contributed by atoms with van der Waals surface area (Å²) in [4.78, 5) is 25.3. The fourth-order valence-electron chi connectivity index (χ4n) is 2.15. The van der Waals surface area contributed by atoms with Crippen molar-refractivity contribution in [2.75, 3.05) is 36.5 Å². The van der Waals surface area contributed by atoms with E-state index in [1.807, 2.05) is 18.2 Å². The molecule has 0 atom stereocenters. The number of carbonyl (C=O) groups excluding carboxylic acids is 2. The van der Waals surface area contributed by atoms with Crippen LogP contribution in [0.2, 0.25) is 0 Å². The number of hydrogen-bond donors (Lipinski definition) is 2. The number of hydrogen-bond acceptors (Lipinski definition) is 4. The molecular weight excluding hydrogens is 258 g/mol. The van der Waals surface area contributed by atoms with E-state index >= 15 is 0 Å². The molecule has 2 amide bonds. The van der Waals surface area contributed by atoms with Crippen LogP contribution in [0, 0.1) is 0 Å². The van der Waals surface area contributed by atoms with Gasteiger partial charge >= 0.3 is 0 Å². The fourth-order valence-corrected chi connectivity index (χ4v) is 2.15. The Balaban J connectivity index is 2.04. The molecule has 1 saturated heterocycles. The molecule has 3 N–H and O–H groups in total. The van der Waals surface area contributed by atoms with Gasteiger partial charge in [-0.25, -0.2) is 0 Å². The number of ether oxygens (including phenoxy) is 1. The number of nitrogens with zero attached hydrogens (tertiary/aromatic N) is 1. The summed E-state index contributed by atoms with van der Waals surface area (Å²) in [6.45, 7) is 1.38. The van der Waals surface area contributed by atoms with Gasteiger partial charge in [-0.3, -0.25) is 9.59 Å². The monoisotopic (exact) mass is 277 g/mol. The SMILES string of the molecule is NCCOCC(=O)Nc1ccccc1N1CCCC1=O.